The third kappa shape index (κ3) is 8.82. The van der Waals surface area contributed by atoms with E-state index in [1.165, 1.54) is 11.3 Å². The molecule has 0 aromatic heterocycles. The zero-order valence-electron chi connectivity index (χ0n) is 24.7. The predicted octanol–water partition coefficient (Wildman–Crippen LogP) is 5.21. The fourth-order valence-corrected chi connectivity index (χ4v) is 5.95. The maximum absolute atomic E-state index is 13.8. The van der Waals surface area contributed by atoms with Crippen LogP contribution in [0, 0.1) is 6.92 Å². The first-order valence-electron chi connectivity index (χ1n) is 14.5. The minimum atomic E-state index is -3.82. The highest BCUT2D eigenvalue weighted by Crippen LogP contribution is 2.24. The van der Waals surface area contributed by atoms with Gasteiger partial charge in [0, 0.05) is 12.6 Å². The molecule has 0 unspecified atom stereocenters. The number of amides is 2. The van der Waals surface area contributed by atoms with Crippen LogP contribution in [0.4, 0.5) is 5.69 Å². The second-order valence-electron chi connectivity index (χ2n) is 11.1. The highest BCUT2D eigenvalue weighted by Gasteiger charge is 2.31. The Kier molecular flexibility index (Phi) is 10.6. The van der Waals surface area contributed by atoms with Gasteiger partial charge in [-0.3, -0.25) is 13.9 Å². The molecule has 1 aliphatic carbocycles. The molecule has 0 bridgehead atoms. The summed E-state index contributed by atoms with van der Waals surface area (Å²) >= 11 is 0. The normalized spacial score (nSPS) is 14.5. The molecule has 0 aliphatic heterocycles. The highest BCUT2D eigenvalue weighted by molar-refractivity contribution is 7.92. The fraction of sp³-hybridized carbons (Fsp3) is 0.394. The van der Waals surface area contributed by atoms with E-state index in [4.69, 9.17) is 4.74 Å². The minimum Gasteiger partial charge on any atom is -0.489 e. The van der Waals surface area contributed by atoms with Crippen molar-refractivity contribution in [2.75, 3.05) is 17.1 Å². The molecule has 4 rings (SSSR count). The van der Waals surface area contributed by atoms with E-state index in [1.807, 2.05) is 61.5 Å². The van der Waals surface area contributed by atoms with E-state index in [9.17, 15) is 18.0 Å². The number of nitrogens with zero attached hydrogens (tertiary/aromatic N) is 2. The molecule has 0 heterocycles. The SMILES string of the molecule is Cc1ccc(CN(C(=O)CN(c2ccc(OCc3ccccc3)cc2)S(C)(=O)=O)[C@H](C)C(=O)NC2CCCCC2)cc1. The first-order chi connectivity index (χ1) is 20.1. The van der Waals surface area contributed by atoms with Gasteiger partial charge in [-0.05, 0) is 62.1 Å². The van der Waals surface area contributed by atoms with E-state index >= 15 is 0 Å². The van der Waals surface area contributed by atoms with E-state index in [0.29, 0.717) is 18.0 Å². The van der Waals surface area contributed by atoms with Crippen molar-refractivity contribution < 1.29 is 22.7 Å². The van der Waals surface area contributed by atoms with Gasteiger partial charge in [-0.25, -0.2) is 8.42 Å². The average molecular weight is 592 g/mol. The first-order valence-corrected chi connectivity index (χ1v) is 16.3. The van der Waals surface area contributed by atoms with Crippen LogP contribution >= 0.6 is 0 Å². The lowest BCUT2D eigenvalue weighted by Crippen LogP contribution is -2.52. The Bertz CT molecular complexity index is 1420. The number of rotatable bonds is 12. The van der Waals surface area contributed by atoms with Crippen molar-refractivity contribution in [2.24, 2.45) is 0 Å². The van der Waals surface area contributed by atoms with E-state index in [0.717, 1.165) is 52.9 Å². The molecule has 1 atom stereocenters. The number of carbonyl (C=O) groups is 2. The second kappa shape index (κ2) is 14.4. The summed E-state index contributed by atoms with van der Waals surface area (Å²) in [5, 5.41) is 3.12. The lowest BCUT2D eigenvalue weighted by atomic mass is 9.95. The molecular weight excluding hydrogens is 550 g/mol. The van der Waals surface area contributed by atoms with Gasteiger partial charge < -0.3 is 15.0 Å². The number of hydrogen-bond donors (Lipinski definition) is 1. The summed E-state index contributed by atoms with van der Waals surface area (Å²) in [5.41, 5.74) is 3.30. The van der Waals surface area contributed by atoms with Gasteiger partial charge in [0.15, 0.2) is 0 Å². The smallest absolute Gasteiger partial charge is 0.244 e. The van der Waals surface area contributed by atoms with Crippen LogP contribution in [-0.4, -0.2) is 50.0 Å². The van der Waals surface area contributed by atoms with Crippen molar-refractivity contribution >= 4 is 27.5 Å². The van der Waals surface area contributed by atoms with E-state index < -0.39 is 28.5 Å². The number of ether oxygens (including phenoxy) is 1. The molecule has 1 saturated carbocycles. The Labute approximate surface area is 249 Å². The monoisotopic (exact) mass is 591 g/mol. The molecule has 3 aromatic rings. The van der Waals surface area contributed by atoms with Gasteiger partial charge in [0.25, 0.3) is 0 Å². The molecule has 0 spiro atoms. The Morgan fingerprint density at radius 2 is 1.55 bits per heavy atom. The zero-order valence-corrected chi connectivity index (χ0v) is 25.5. The number of nitrogens with one attached hydrogen (secondary N) is 1. The minimum absolute atomic E-state index is 0.0974. The van der Waals surface area contributed by atoms with E-state index in [-0.39, 0.29) is 18.5 Å². The maximum Gasteiger partial charge on any atom is 0.244 e. The van der Waals surface area contributed by atoms with Crippen LogP contribution < -0.4 is 14.4 Å². The zero-order chi connectivity index (χ0) is 30.1. The standard InChI is InChI=1S/C33H41N3O5S/c1-25-14-16-27(17-15-25)22-35(26(2)33(38)34-29-12-8-5-9-13-29)32(37)23-36(42(3,39)40)30-18-20-31(21-19-30)41-24-28-10-6-4-7-11-28/h4,6-7,10-11,14-21,26,29H,5,8-9,12-13,22-24H2,1-3H3,(H,34,38)/t26-/m1/s1. The maximum atomic E-state index is 13.8. The Hall–Kier alpha value is -3.85. The summed E-state index contributed by atoms with van der Waals surface area (Å²) in [6.45, 7) is 3.81. The van der Waals surface area contributed by atoms with Gasteiger partial charge in [0.2, 0.25) is 21.8 Å². The summed E-state index contributed by atoms with van der Waals surface area (Å²) in [7, 11) is -3.82. The lowest BCUT2D eigenvalue weighted by molar-refractivity contribution is -0.139. The van der Waals surface area contributed by atoms with Crippen LogP contribution in [-0.2, 0) is 32.8 Å². The quantitative estimate of drug-likeness (QED) is 0.312. The summed E-state index contributed by atoms with van der Waals surface area (Å²) in [4.78, 5) is 28.6. The van der Waals surface area contributed by atoms with E-state index in [2.05, 4.69) is 5.32 Å². The van der Waals surface area contributed by atoms with Crippen molar-refractivity contribution in [1.82, 2.24) is 10.2 Å². The third-order valence-electron chi connectivity index (χ3n) is 7.64. The molecule has 1 fully saturated rings. The molecule has 9 heteroatoms. The van der Waals surface area contributed by atoms with Crippen molar-refractivity contribution in [3.05, 3.63) is 95.6 Å². The van der Waals surface area contributed by atoms with Gasteiger partial charge in [-0.15, -0.1) is 0 Å². The van der Waals surface area contributed by atoms with Gasteiger partial charge >= 0.3 is 0 Å². The summed E-state index contributed by atoms with van der Waals surface area (Å²) in [5.74, 6) is -0.110. The molecule has 0 saturated heterocycles. The number of benzene rings is 3. The van der Waals surface area contributed by atoms with Crippen LogP contribution in [0.2, 0.25) is 0 Å². The number of aryl methyl sites for hydroxylation is 1. The van der Waals surface area contributed by atoms with Crippen LogP contribution in [0.25, 0.3) is 0 Å². The fourth-order valence-electron chi connectivity index (χ4n) is 5.10. The number of carbonyl (C=O) groups excluding carboxylic acids is 2. The Morgan fingerprint density at radius 3 is 2.17 bits per heavy atom. The third-order valence-corrected chi connectivity index (χ3v) is 8.79. The topological polar surface area (TPSA) is 96.0 Å². The predicted molar refractivity (Wildman–Crippen MR) is 166 cm³/mol. The van der Waals surface area contributed by atoms with Crippen molar-refractivity contribution in [2.45, 2.75) is 71.2 Å². The van der Waals surface area contributed by atoms with Gasteiger partial charge in [0.1, 0.15) is 24.9 Å². The summed E-state index contributed by atoms with van der Waals surface area (Å²) < 4.78 is 32.7. The second-order valence-corrected chi connectivity index (χ2v) is 13.0. The van der Waals surface area contributed by atoms with Crippen molar-refractivity contribution in [3.8, 4) is 5.75 Å². The van der Waals surface area contributed by atoms with Gasteiger partial charge in [-0.1, -0.05) is 79.4 Å². The van der Waals surface area contributed by atoms with Gasteiger partial charge in [-0.2, -0.15) is 0 Å². The molecule has 1 N–H and O–H groups in total. The number of hydrogen-bond acceptors (Lipinski definition) is 5. The Balaban J connectivity index is 1.51. The van der Waals surface area contributed by atoms with Crippen LogP contribution in [0.15, 0.2) is 78.9 Å². The molecule has 42 heavy (non-hydrogen) atoms. The first kappa shape index (κ1) is 31.1. The number of sulfonamides is 1. The molecule has 224 valence electrons. The highest BCUT2D eigenvalue weighted by atomic mass is 32.2. The molecule has 8 nitrogen and oxygen atoms in total. The molecule has 1 aliphatic rings. The molecular formula is C33H41N3O5S. The van der Waals surface area contributed by atoms with E-state index in [1.54, 1.807) is 31.2 Å². The number of anilines is 1. The van der Waals surface area contributed by atoms with Crippen molar-refractivity contribution in [3.63, 3.8) is 0 Å². The van der Waals surface area contributed by atoms with Crippen LogP contribution in [0.5, 0.6) is 5.75 Å². The summed E-state index contributed by atoms with van der Waals surface area (Å²) in [6, 6.07) is 23.4. The molecule has 0 radical (unpaired) electrons. The molecule has 3 aromatic carbocycles. The van der Waals surface area contributed by atoms with Crippen molar-refractivity contribution in [1.29, 1.82) is 0 Å². The average Bonchev–Trinajstić information content (AvgIpc) is 2.99. The summed E-state index contributed by atoms with van der Waals surface area (Å²) in [6.07, 6.45) is 6.25. The lowest BCUT2D eigenvalue weighted by Gasteiger charge is -2.33. The van der Waals surface area contributed by atoms with Crippen LogP contribution in [0.3, 0.4) is 0 Å². The Morgan fingerprint density at radius 1 is 0.905 bits per heavy atom. The van der Waals surface area contributed by atoms with Crippen LogP contribution in [0.1, 0.15) is 55.7 Å². The molecule has 2 amide bonds. The largest absolute Gasteiger partial charge is 0.489 e. The van der Waals surface area contributed by atoms with Gasteiger partial charge in [0.05, 0.1) is 11.9 Å².